The molecule has 2 heterocycles. The lowest BCUT2D eigenvalue weighted by Crippen LogP contribution is -2.05. The summed E-state index contributed by atoms with van der Waals surface area (Å²) < 4.78 is 1.76. The van der Waals surface area contributed by atoms with Crippen LogP contribution in [0.5, 0.6) is 0 Å². The molecule has 0 amide bonds. The van der Waals surface area contributed by atoms with Crippen LogP contribution < -0.4 is 0 Å². The maximum absolute atomic E-state index is 10.3. The molecule has 1 unspecified atom stereocenters. The normalized spacial score (nSPS) is 13.0. The Morgan fingerprint density at radius 3 is 2.74 bits per heavy atom. The fraction of sp³-hybridized carbons (Fsp3) is 0.333. The van der Waals surface area contributed by atoms with Crippen LogP contribution in [0, 0.1) is 0 Å². The molecule has 1 N–H and O–H groups in total. The molecule has 7 nitrogen and oxygen atoms in total. The average molecular weight is 258 g/mol. The van der Waals surface area contributed by atoms with Gasteiger partial charge >= 0.3 is 0 Å². The van der Waals surface area contributed by atoms with Crippen molar-refractivity contribution in [3.8, 4) is 0 Å². The van der Waals surface area contributed by atoms with E-state index in [1.165, 1.54) is 4.80 Å². The van der Waals surface area contributed by atoms with Crippen LogP contribution in [0.25, 0.3) is 10.9 Å². The van der Waals surface area contributed by atoms with Crippen LogP contribution in [-0.4, -0.2) is 35.1 Å². The summed E-state index contributed by atoms with van der Waals surface area (Å²) in [5.74, 6) is 0.504. The van der Waals surface area contributed by atoms with E-state index in [0.29, 0.717) is 17.9 Å². The standard InChI is InChI=1S/C12H14N6O/c1-17-9-6-4-3-5-8(9)12(15-17)10(19)7-11-13-16-18(2)14-11/h3-6,10,19H,7H2,1-2H3. The van der Waals surface area contributed by atoms with E-state index in [4.69, 9.17) is 0 Å². The second-order valence-electron chi connectivity index (χ2n) is 4.44. The van der Waals surface area contributed by atoms with Crippen LogP contribution in [0.4, 0.5) is 0 Å². The van der Waals surface area contributed by atoms with Crippen molar-refractivity contribution in [2.75, 3.05) is 0 Å². The molecule has 1 aromatic carbocycles. The summed E-state index contributed by atoms with van der Waals surface area (Å²) in [5.41, 5.74) is 1.63. The zero-order chi connectivity index (χ0) is 13.4. The van der Waals surface area contributed by atoms with Crippen molar-refractivity contribution in [3.63, 3.8) is 0 Å². The van der Waals surface area contributed by atoms with Crippen LogP contribution in [0.15, 0.2) is 24.3 Å². The Labute approximate surface area is 109 Å². The van der Waals surface area contributed by atoms with Gasteiger partial charge in [0.05, 0.1) is 18.3 Å². The summed E-state index contributed by atoms with van der Waals surface area (Å²) in [6.07, 6.45) is -0.440. The van der Waals surface area contributed by atoms with Crippen LogP contribution in [0.2, 0.25) is 0 Å². The first-order valence-electron chi connectivity index (χ1n) is 5.97. The van der Waals surface area contributed by atoms with E-state index in [1.807, 2.05) is 31.3 Å². The summed E-state index contributed by atoms with van der Waals surface area (Å²) in [7, 11) is 3.55. The molecule has 0 aliphatic rings. The highest BCUT2D eigenvalue weighted by molar-refractivity contribution is 5.82. The van der Waals surface area contributed by atoms with Crippen molar-refractivity contribution in [2.45, 2.75) is 12.5 Å². The number of fused-ring (bicyclic) bond motifs is 1. The maximum atomic E-state index is 10.3. The SMILES string of the molecule is Cn1nnc(CC(O)c2nn(C)c3ccccc23)n1. The Bertz CT molecular complexity index is 716. The van der Waals surface area contributed by atoms with Crippen molar-refractivity contribution in [3.05, 3.63) is 35.8 Å². The minimum atomic E-state index is -0.740. The summed E-state index contributed by atoms with van der Waals surface area (Å²) >= 11 is 0. The molecule has 0 aliphatic carbocycles. The fourth-order valence-corrected chi connectivity index (χ4v) is 2.16. The second kappa shape index (κ2) is 4.43. The van der Waals surface area contributed by atoms with Gasteiger partial charge in [-0.1, -0.05) is 18.2 Å². The summed E-state index contributed by atoms with van der Waals surface area (Å²) in [5, 5.41) is 27.3. The van der Waals surface area contributed by atoms with Crippen LogP contribution in [-0.2, 0) is 20.5 Å². The fourth-order valence-electron chi connectivity index (χ4n) is 2.16. The molecule has 0 bridgehead atoms. The van der Waals surface area contributed by atoms with Gasteiger partial charge in [0.2, 0.25) is 0 Å². The topological polar surface area (TPSA) is 81.6 Å². The van der Waals surface area contributed by atoms with Crippen LogP contribution in [0.1, 0.15) is 17.6 Å². The molecule has 0 aliphatic heterocycles. The molecule has 0 radical (unpaired) electrons. The van der Waals surface area contributed by atoms with E-state index in [0.717, 1.165) is 10.9 Å². The molecule has 19 heavy (non-hydrogen) atoms. The summed E-state index contributed by atoms with van der Waals surface area (Å²) in [6.45, 7) is 0. The van der Waals surface area contributed by atoms with E-state index in [2.05, 4.69) is 20.5 Å². The monoisotopic (exact) mass is 258 g/mol. The van der Waals surface area contributed by atoms with Crippen molar-refractivity contribution in [2.24, 2.45) is 14.1 Å². The number of aromatic nitrogens is 6. The number of benzene rings is 1. The zero-order valence-electron chi connectivity index (χ0n) is 10.7. The molecule has 98 valence electrons. The number of rotatable bonds is 3. The van der Waals surface area contributed by atoms with Crippen LogP contribution in [0.3, 0.4) is 0 Å². The zero-order valence-corrected chi connectivity index (χ0v) is 10.7. The predicted molar refractivity (Wildman–Crippen MR) is 68.2 cm³/mol. The van der Waals surface area contributed by atoms with E-state index in [-0.39, 0.29) is 0 Å². The number of nitrogens with zero attached hydrogens (tertiary/aromatic N) is 6. The largest absolute Gasteiger partial charge is 0.386 e. The van der Waals surface area contributed by atoms with E-state index in [9.17, 15) is 5.11 Å². The Kier molecular flexibility index (Phi) is 2.75. The highest BCUT2D eigenvalue weighted by Crippen LogP contribution is 2.24. The van der Waals surface area contributed by atoms with E-state index >= 15 is 0 Å². The predicted octanol–water partition coefficient (Wildman–Crippen LogP) is 0.373. The number of aliphatic hydroxyl groups is 1. The molecular formula is C12H14N6O. The van der Waals surface area contributed by atoms with Crippen molar-refractivity contribution < 1.29 is 5.11 Å². The van der Waals surface area contributed by atoms with Crippen molar-refractivity contribution >= 4 is 10.9 Å². The van der Waals surface area contributed by atoms with Gasteiger partial charge in [-0.3, -0.25) is 4.68 Å². The Morgan fingerprint density at radius 1 is 1.21 bits per heavy atom. The van der Waals surface area contributed by atoms with Gasteiger partial charge in [-0.15, -0.1) is 10.2 Å². The lowest BCUT2D eigenvalue weighted by atomic mass is 10.1. The highest BCUT2D eigenvalue weighted by Gasteiger charge is 2.18. The quantitative estimate of drug-likeness (QED) is 0.734. The van der Waals surface area contributed by atoms with Crippen molar-refractivity contribution in [1.29, 1.82) is 0 Å². The average Bonchev–Trinajstić information content (AvgIpc) is 2.95. The highest BCUT2D eigenvalue weighted by atomic mass is 16.3. The minimum Gasteiger partial charge on any atom is -0.386 e. The first-order chi connectivity index (χ1) is 9.15. The van der Waals surface area contributed by atoms with Gasteiger partial charge in [0, 0.05) is 18.9 Å². The third-order valence-corrected chi connectivity index (χ3v) is 3.03. The first-order valence-corrected chi connectivity index (χ1v) is 5.97. The second-order valence-corrected chi connectivity index (χ2v) is 4.44. The number of tetrazole rings is 1. The van der Waals surface area contributed by atoms with Crippen molar-refractivity contribution in [1.82, 2.24) is 30.0 Å². The smallest absolute Gasteiger partial charge is 0.177 e. The molecule has 0 saturated carbocycles. The number of aliphatic hydroxyl groups excluding tert-OH is 1. The molecule has 3 rings (SSSR count). The van der Waals surface area contributed by atoms with E-state index < -0.39 is 6.10 Å². The van der Waals surface area contributed by atoms with Gasteiger partial charge in [0.1, 0.15) is 6.10 Å². The third kappa shape index (κ3) is 2.08. The van der Waals surface area contributed by atoms with Gasteiger partial charge in [-0.2, -0.15) is 9.90 Å². The van der Waals surface area contributed by atoms with Crippen LogP contribution >= 0.6 is 0 Å². The molecule has 2 aromatic heterocycles. The molecule has 7 heteroatoms. The lowest BCUT2D eigenvalue weighted by molar-refractivity contribution is 0.171. The lowest BCUT2D eigenvalue weighted by Gasteiger charge is -2.04. The summed E-state index contributed by atoms with van der Waals surface area (Å²) in [4.78, 5) is 1.37. The molecule has 0 spiro atoms. The minimum absolute atomic E-state index is 0.300. The van der Waals surface area contributed by atoms with Gasteiger partial charge in [-0.25, -0.2) is 0 Å². The van der Waals surface area contributed by atoms with Gasteiger partial charge in [0.25, 0.3) is 0 Å². The molecule has 3 aromatic rings. The van der Waals surface area contributed by atoms with Gasteiger partial charge in [0.15, 0.2) is 5.82 Å². The Balaban J connectivity index is 1.95. The number of aryl methyl sites for hydroxylation is 2. The first kappa shape index (κ1) is 11.8. The Hall–Kier alpha value is -2.28. The molecular weight excluding hydrogens is 244 g/mol. The molecule has 0 fully saturated rings. The summed E-state index contributed by atoms with van der Waals surface area (Å²) in [6, 6.07) is 7.80. The number of hydrogen-bond acceptors (Lipinski definition) is 5. The van der Waals surface area contributed by atoms with Gasteiger partial charge < -0.3 is 5.11 Å². The number of para-hydroxylation sites is 1. The Morgan fingerprint density at radius 2 is 2.00 bits per heavy atom. The van der Waals surface area contributed by atoms with Gasteiger partial charge in [-0.05, 0) is 11.3 Å². The van der Waals surface area contributed by atoms with E-state index in [1.54, 1.807) is 11.7 Å². The molecule has 1 atom stereocenters. The number of hydrogen-bond donors (Lipinski definition) is 1. The maximum Gasteiger partial charge on any atom is 0.177 e. The third-order valence-electron chi connectivity index (χ3n) is 3.03. The molecule has 0 saturated heterocycles.